The largest absolute Gasteiger partial charge is 0.420 e. The predicted octanol–water partition coefficient (Wildman–Crippen LogP) is 4.59. The van der Waals surface area contributed by atoms with Crippen molar-refractivity contribution in [3.05, 3.63) is 77.4 Å². The van der Waals surface area contributed by atoms with E-state index in [1.165, 1.54) is 6.07 Å². The van der Waals surface area contributed by atoms with E-state index < -0.39 is 0 Å². The lowest BCUT2D eigenvalue weighted by Crippen LogP contribution is -1.88. The summed E-state index contributed by atoms with van der Waals surface area (Å²) < 4.78 is 19.3. The van der Waals surface area contributed by atoms with Crippen LogP contribution in [0.2, 0.25) is 0 Å². The average Bonchev–Trinajstić information content (AvgIpc) is 3.26. The highest BCUT2D eigenvalue weighted by Crippen LogP contribution is 2.25. The lowest BCUT2D eigenvalue weighted by Gasteiger charge is -1.96. The molecule has 0 radical (unpaired) electrons. The molecule has 0 fully saturated rings. The van der Waals surface area contributed by atoms with E-state index in [1.807, 2.05) is 35.7 Å². The van der Waals surface area contributed by atoms with Crippen molar-refractivity contribution >= 4 is 11.3 Å². The molecule has 0 aliphatic rings. The number of benzene rings is 2. The molecule has 0 saturated carbocycles. The summed E-state index contributed by atoms with van der Waals surface area (Å²) in [6, 6.07) is 16.3. The van der Waals surface area contributed by atoms with Gasteiger partial charge in [-0.2, -0.15) is 0 Å². The topological polar surface area (TPSA) is 51.8 Å². The van der Waals surface area contributed by atoms with Gasteiger partial charge in [-0.15, -0.1) is 21.5 Å². The van der Waals surface area contributed by atoms with E-state index in [4.69, 9.17) is 4.42 Å². The molecular formula is C18H12FN3OS. The van der Waals surface area contributed by atoms with Gasteiger partial charge in [-0.25, -0.2) is 9.37 Å². The summed E-state index contributed by atoms with van der Waals surface area (Å²) in [7, 11) is 0. The van der Waals surface area contributed by atoms with Crippen LogP contribution < -0.4 is 0 Å². The fraction of sp³-hybridized carbons (Fsp3) is 0.0556. The molecule has 0 bridgehead atoms. The molecule has 0 unspecified atom stereocenters. The van der Waals surface area contributed by atoms with Gasteiger partial charge in [0.15, 0.2) is 0 Å². The van der Waals surface area contributed by atoms with Crippen molar-refractivity contribution in [2.45, 2.75) is 6.42 Å². The fourth-order valence-corrected chi connectivity index (χ4v) is 3.15. The Hall–Kier alpha value is -2.86. The van der Waals surface area contributed by atoms with Gasteiger partial charge in [0.2, 0.25) is 5.89 Å². The molecule has 2 aromatic carbocycles. The van der Waals surface area contributed by atoms with Crippen LogP contribution >= 0.6 is 11.3 Å². The van der Waals surface area contributed by atoms with E-state index in [2.05, 4.69) is 15.2 Å². The first kappa shape index (κ1) is 14.7. The van der Waals surface area contributed by atoms with Crippen LogP contribution in [-0.4, -0.2) is 15.2 Å². The van der Waals surface area contributed by atoms with Crippen LogP contribution in [0.3, 0.4) is 0 Å². The first-order valence-electron chi connectivity index (χ1n) is 7.37. The average molecular weight is 337 g/mol. The van der Waals surface area contributed by atoms with Crippen molar-refractivity contribution in [2.24, 2.45) is 0 Å². The molecule has 0 amide bonds. The maximum atomic E-state index is 13.8. The minimum Gasteiger partial charge on any atom is -0.420 e. The van der Waals surface area contributed by atoms with Crippen LogP contribution in [0.25, 0.3) is 22.0 Å². The van der Waals surface area contributed by atoms with E-state index in [-0.39, 0.29) is 11.7 Å². The van der Waals surface area contributed by atoms with Gasteiger partial charge in [0.1, 0.15) is 10.8 Å². The fourth-order valence-electron chi connectivity index (χ4n) is 2.32. The SMILES string of the molecule is Fc1ccccc1-c1nnc(Cc2csc(-c3ccccc3)n2)o1. The lowest BCUT2D eigenvalue weighted by atomic mass is 10.2. The first-order chi connectivity index (χ1) is 11.8. The van der Waals surface area contributed by atoms with Crippen molar-refractivity contribution in [1.82, 2.24) is 15.2 Å². The zero-order valence-corrected chi connectivity index (χ0v) is 13.3. The van der Waals surface area contributed by atoms with E-state index in [0.717, 1.165) is 16.3 Å². The maximum Gasteiger partial charge on any atom is 0.250 e. The standard InChI is InChI=1S/C18H12FN3OS/c19-15-9-5-4-8-14(15)17-22-21-16(23-17)10-13-11-24-18(20-13)12-6-2-1-3-7-12/h1-9,11H,10H2. The summed E-state index contributed by atoms with van der Waals surface area (Å²) in [5.74, 6) is 0.215. The van der Waals surface area contributed by atoms with Gasteiger partial charge in [0, 0.05) is 10.9 Å². The second kappa shape index (κ2) is 6.33. The molecule has 0 aliphatic carbocycles. The molecule has 2 aromatic heterocycles. The molecule has 118 valence electrons. The Morgan fingerprint density at radius 3 is 2.58 bits per heavy atom. The molecule has 2 heterocycles. The third-order valence-corrected chi connectivity index (χ3v) is 4.42. The molecule has 0 saturated heterocycles. The number of hydrogen-bond acceptors (Lipinski definition) is 5. The Kier molecular flexibility index (Phi) is 3.88. The molecule has 0 N–H and O–H groups in total. The van der Waals surface area contributed by atoms with Gasteiger partial charge in [0.05, 0.1) is 17.7 Å². The second-order valence-corrected chi connectivity index (χ2v) is 6.03. The van der Waals surface area contributed by atoms with Crippen LogP contribution in [0.15, 0.2) is 64.4 Å². The van der Waals surface area contributed by atoms with Gasteiger partial charge in [-0.3, -0.25) is 0 Å². The number of rotatable bonds is 4. The van der Waals surface area contributed by atoms with E-state index in [1.54, 1.807) is 29.5 Å². The Labute approximate surface area is 141 Å². The highest BCUT2D eigenvalue weighted by atomic mass is 32.1. The number of halogens is 1. The molecule has 0 aliphatic heterocycles. The summed E-state index contributed by atoms with van der Waals surface area (Å²) in [5, 5.41) is 10.8. The van der Waals surface area contributed by atoms with Crippen LogP contribution in [0.4, 0.5) is 4.39 Å². The molecule has 4 rings (SSSR count). The van der Waals surface area contributed by atoms with Crippen molar-refractivity contribution in [3.63, 3.8) is 0 Å². The summed E-state index contributed by atoms with van der Waals surface area (Å²) in [4.78, 5) is 4.59. The van der Waals surface area contributed by atoms with E-state index >= 15 is 0 Å². The van der Waals surface area contributed by atoms with Crippen LogP contribution in [0.1, 0.15) is 11.6 Å². The molecule has 6 heteroatoms. The molecule has 4 aromatic rings. The van der Waals surface area contributed by atoms with Crippen LogP contribution in [0.5, 0.6) is 0 Å². The minimum absolute atomic E-state index is 0.182. The molecule has 0 atom stereocenters. The maximum absolute atomic E-state index is 13.8. The third-order valence-electron chi connectivity index (χ3n) is 3.48. The van der Waals surface area contributed by atoms with E-state index in [9.17, 15) is 4.39 Å². The first-order valence-corrected chi connectivity index (χ1v) is 8.24. The van der Waals surface area contributed by atoms with Gasteiger partial charge in [-0.05, 0) is 12.1 Å². The van der Waals surface area contributed by atoms with Crippen molar-refractivity contribution < 1.29 is 8.81 Å². The quantitative estimate of drug-likeness (QED) is 0.546. The predicted molar refractivity (Wildman–Crippen MR) is 90.0 cm³/mol. The number of hydrogen-bond donors (Lipinski definition) is 0. The van der Waals surface area contributed by atoms with E-state index in [0.29, 0.717) is 17.9 Å². The summed E-state index contributed by atoms with van der Waals surface area (Å²) in [6.45, 7) is 0. The number of thiazole rings is 1. The summed E-state index contributed by atoms with van der Waals surface area (Å²) in [5.41, 5.74) is 2.23. The van der Waals surface area contributed by atoms with Gasteiger partial charge < -0.3 is 4.42 Å². The molecular weight excluding hydrogens is 325 g/mol. The Bertz CT molecular complexity index is 965. The zero-order chi connectivity index (χ0) is 16.4. The summed E-state index contributed by atoms with van der Waals surface area (Å²) in [6.07, 6.45) is 0.421. The van der Waals surface area contributed by atoms with Crippen LogP contribution in [0, 0.1) is 5.82 Å². The number of nitrogens with zero attached hydrogens (tertiary/aromatic N) is 3. The summed E-state index contributed by atoms with van der Waals surface area (Å²) >= 11 is 1.57. The number of aromatic nitrogens is 3. The second-order valence-electron chi connectivity index (χ2n) is 5.17. The smallest absolute Gasteiger partial charge is 0.250 e. The highest BCUT2D eigenvalue weighted by molar-refractivity contribution is 7.13. The van der Waals surface area contributed by atoms with Gasteiger partial charge >= 0.3 is 0 Å². The Balaban J connectivity index is 1.55. The van der Waals surface area contributed by atoms with Gasteiger partial charge in [-0.1, -0.05) is 42.5 Å². The van der Waals surface area contributed by atoms with Crippen LogP contribution in [-0.2, 0) is 6.42 Å². The molecule has 0 spiro atoms. The lowest BCUT2D eigenvalue weighted by molar-refractivity contribution is 0.511. The van der Waals surface area contributed by atoms with Crippen molar-refractivity contribution in [1.29, 1.82) is 0 Å². The molecule has 24 heavy (non-hydrogen) atoms. The third kappa shape index (κ3) is 2.96. The monoisotopic (exact) mass is 337 g/mol. The Morgan fingerprint density at radius 1 is 0.958 bits per heavy atom. The van der Waals surface area contributed by atoms with Crippen molar-refractivity contribution in [2.75, 3.05) is 0 Å². The zero-order valence-electron chi connectivity index (χ0n) is 12.5. The highest BCUT2D eigenvalue weighted by Gasteiger charge is 2.14. The minimum atomic E-state index is -0.382. The van der Waals surface area contributed by atoms with Gasteiger partial charge in [0.25, 0.3) is 5.89 Å². The normalized spacial score (nSPS) is 10.9. The van der Waals surface area contributed by atoms with Crippen molar-refractivity contribution in [3.8, 4) is 22.0 Å². The Morgan fingerprint density at radius 2 is 1.75 bits per heavy atom. The molecule has 4 nitrogen and oxygen atoms in total.